The minimum Gasteiger partial charge on any atom is -0.355 e. The Balaban J connectivity index is 1.08. The maximum absolute atomic E-state index is 13.3. The number of rotatable bonds is 4. The molecular weight excluding hydrogens is 550 g/mol. The molecule has 2 N–H and O–H groups in total. The van der Waals surface area contributed by atoms with Crippen LogP contribution in [0.1, 0.15) is 29.5 Å². The lowest BCUT2D eigenvalue weighted by molar-refractivity contribution is 0.187. The highest BCUT2D eigenvalue weighted by Crippen LogP contribution is 2.51. The molecule has 5 aromatic rings. The van der Waals surface area contributed by atoms with Crippen molar-refractivity contribution < 1.29 is 0 Å². The van der Waals surface area contributed by atoms with E-state index in [2.05, 4.69) is 19.9 Å². The molecule has 1 atom stereocenters. The van der Waals surface area contributed by atoms with E-state index < -0.39 is 0 Å². The zero-order valence-corrected chi connectivity index (χ0v) is 23.2. The summed E-state index contributed by atoms with van der Waals surface area (Å²) in [7, 11) is 0. The molecule has 8 nitrogen and oxygen atoms in total. The van der Waals surface area contributed by atoms with E-state index in [9.17, 15) is 4.79 Å². The van der Waals surface area contributed by atoms with Gasteiger partial charge in [0.2, 0.25) is 0 Å². The summed E-state index contributed by atoms with van der Waals surface area (Å²) in [5, 5.41) is 1.45. The Morgan fingerprint density at radius 2 is 1.85 bits per heavy atom. The quantitative estimate of drug-likeness (QED) is 0.310. The third-order valence-electron chi connectivity index (χ3n) is 7.91. The first-order chi connectivity index (χ1) is 19.0. The predicted molar refractivity (Wildman–Crippen MR) is 155 cm³/mol. The lowest BCUT2D eigenvalue weighted by atomic mass is 9.74. The van der Waals surface area contributed by atoms with Gasteiger partial charge in [0.25, 0.3) is 5.56 Å². The lowest BCUT2D eigenvalue weighted by Gasteiger charge is -2.42. The van der Waals surface area contributed by atoms with Gasteiger partial charge in [-0.3, -0.25) is 9.36 Å². The standard InChI is InChI=1S/C28H24ClN7OS2/c29-24-20(7-6-18-23(24)27(37)36(15-33-18)17-4-2-1-3-5-17)39-22-14-31-21(13-32-22)35-10-8-28(9-11-35)12-19-25(26(28)30)38-16-34-19/h1-7,13-16,26H,8-12,30H2/t26-/m1/s1. The van der Waals surface area contributed by atoms with Crippen LogP contribution in [0.25, 0.3) is 16.6 Å². The summed E-state index contributed by atoms with van der Waals surface area (Å²) in [6, 6.07) is 13.1. The molecule has 2 aromatic carbocycles. The molecule has 39 heavy (non-hydrogen) atoms. The van der Waals surface area contributed by atoms with Crippen molar-refractivity contribution >= 4 is 51.4 Å². The van der Waals surface area contributed by atoms with E-state index in [1.165, 1.54) is 33.2 Å². The molecule has 196 valence electrons. The smallest absolute Gasteiger partial charge is 0.267 e. The highest BCUT2D eigenvalue weighted by atomic mass is 35.5. The first-order valence-corrected chi connectivity index (χ1v) is 14.8. The van der Waals surface area contributed by atoms with Gasteiger partial charge in [-0.25, -0.2) is 19.9 Å². The van der Waals surface area contributed by atoms with Crippen LogP contribution in [0.5, 0.6) is 0 Å². The SMILES string of the molecule is N[C@@H]1c2scnc2CC12CCN(c1cnc(Sc3ccc4ncn(-c5ccccc5)c(=O)c4c3Cl)cn1)CC2. The van der Waals surface area contributed by atoms with Crippen molar-refractivity contribution in [3.63, 3.8) is 0 Å². The van der Waals surface area contributed by atoms with Crippen molar-refractivity contribution in [3.05, 3.63) is 92.6 Å². The molecule has 11 heteroatoms. The Hall–Kier alpha value is -3.31. The fourth-order valence-electron chi connectivity index (χ4n) is 5.69. The Morgan fingerprint density at radius 3 is 2.59 bits per heavy atom. The van der Waals surface area contributed by atoms with E-state index in [1.54, 1.807) is 17.5 Å². The van der Waals surface area contributed by atoms with Gasteiger partial charge < -0.3 is 10.6 Å². The molecular formula is C28H24ClN7OS2. The lowest BCUT2D eigenvalue weighted by Crippen LogP contribution is -2.44. The summed E-state index contributed by atoms with van der Waals surface area (Å²) >= 11 is 9.83. The molecule has 1 saturated heterocycles. The van der Waals surface area contributed by atoms with Gasteiger partial charge in [-0.1, -0.05) is 41.6 Å². The Kier molecular flexibility index (Phi) is 6.15. The van der Waals surface area contributed by atoms with Gasteiger partial charge in [-0.2, -0.15) is 0 Å². The molecule has 0 amide bonds. The normalized spacial score (nSPS) is 18.1. The summed E-state index contributed by atoms with van der Waals surface area (Å²) in [5.41, 5.74) is 10.9. The van der Waals surface area contributed by atoms with Crippen molar-refractivity contribution in [2.24, 2.45) is 11.1 Å². The van der Waals surface area contributed by atoms with Crippen LogP contribution in [0.15, 0.2) is 81.4 Å². The Bertz CT molecular complexity index is 1730. The number of piperidine rings is 1. The molecule has 2 aliphatic rings. The number of hydrogen-bond acceptors (Lipinski definition) is 9. The van der Waals surface area contributed by atoms with Crippen molar-refractivity contribution in [3.8, 4) is 5.69 Å². The monoisotopic (exact) mass is 573 g/mol. The number of benzene rings is 2. The number of anilines is 1. The van der Waals surface area contributed by atoms with Crippen LogP contribution in [0.4, 0.5) is 5.82 Å². The molecule has 0 radical (unpaired) electrons. The topological polar surface area (TPSA) is 103 Å². The molecule has 1 fully saturated rings. The largest absolute Gasteiger partial charge is 0.355 e. The maximum atomic E-state index is 13.3. The van der Waals surface area contributed by atoms with E-state index in [4.69, 9.17) is 22.3 Å². The summed E-state index contributed by atoms with van der Waals surface area (Å²) < 4.78 is 1.51. The van der Waals surface area contributed by atoms with Crippen LogP contribution >= 0.6 is 34.7 Å². The van der Waals surface area contributed by atoms with Gasteiger partial charge in [0.15, 0.2) is 0 Å². The van der Waals surface area contributed by atoms with Crippen molar-refractivity contribution in [2.45, 2.75) is 35.2 Å². The Labute approximate surface area is 237 Å². The first kappa shape index (κ1) is 24.7. The van der Waals surface area contributed by atoms with Crippen LogP contribution in [0, 0.1) is 5.41 Å². The molecule has 3 aromatic heterocycles. The minimum atomic E-state index is -0.212. The Morgan fingerprint density at radius 1 is 1.03 bits per heavy atom. The molecule has 0 bridgehead atoms. The van der Waals surface area contributed by atoms with Gasteiger partial charge in [0, 0.05) is 28.9 Å². The number of fused-ring (bicyclic) bond motifs is 2. The second-order valence-electron chi connectivity index (χ2n) is 10.0. The summed E-state index contributed by atoms with van der Waals surface area (Å²) in [4.78, 5) is 35.9. The van der Waals surface area contributed by atoms with Gasteiger partial charge in [0.1, 0.15) is 17.2 Å². The van der Waals surface area contributed by atoms with Gasteiger partial charge in [-0.15, -0.1) is 11.3 Å². The van der Waals surface area contributed by atoms with Crippen molar-refractivity contribution in [1.29, 1.82) is 0 Å². The molecule has 1 aliphatic heterocycles. The van der Waals surface area contributed by atoms with Crippen LogP contribution in [-0.2, 0) is 6.42 Å². The van der Waals surface area contributed by atoms with Gasteiger partial charge >= 0.3 is 0 Å². The number of para-hydroxylation sites is 1. The van der Waals surface area contributed by atoms with Crippen molar-refractivity contribution in [1.82, 2.24) is 24.5 Å². The fraction of sp³-hybridized carbons (Fsp3) is 0.250. The van der Waals surface area contributed by atoms with Crippen LogP contribution in [0.2, 0.25) is 5.02 Å². The van der Waals surface area contributed by atoms with Crippen LogP contribution < -0.4 is 16.2 Å². The number of nitrogens with zero attached hydrogens (tertiary/aromatic N) is 6. The number of nitrogens with two attached hydrogens (primary N) is 1. The van der Waals surface area contributed by atoms with Crippen LogP contribution in [0.3, 0.4) is 0 Å². The molecule has 0 unspecified atom stereocenters. The van der Waals surface area contributed by atoms with E-state index in [0.717, 1.165) is 48.8 Å². The van der Waals surface area contributed by atoms with Crippen molar-refractivity contribution in [2.75, 3.05) is 18.0 Å². The average Bonchev–Trinajstić information content (AvgIpc) is 3.52. The number of aromatic nitrogens is 5. The summed E-state index contributed by atoms with van der Waals surface area (Å²) in [6.45, 7) is 1.78. The zero-order valence-electron chi connectivity index (χ0n) is 20.8. The number of thiazole rings is 1. The molecule has 7 rings (SSSR count). The average molecular weight is 574 g/mol. The second-order valence-corrected chi connectivity index (χ2v) is 12.3. The zero-order chi connectivity index (χ0) is 26.6. The highest BCUT2D eigenvalue weighted by molar-refractivity contribution is 7.99. The maximum Gasteiger partial charge on any atom is 0.267 e. The third-order valence-corrected chi connectivity index (χ3v) is 10.3. The molecule has 1 aliphatic carbocycles. The summed E-state index contributed by atoms with van der Waals surface area (Å²) in [6.07, 6.45) is 8.10. The number of halogens is 1. The van der Waals surface area contributed by atoms with E-state index in [0.29, 0.717) is 21.0 Å². The first-order valence-electron chi connectivity index (χ1n) is 12.7. The third kappa shape index (κ3) is 4.22. The number of hydrogen-bond donors (Lipinski definition) is 1. The predicted octanol–water partition coefficient (Wildman–Crippen LogP) is 5.28. The second kappa shape index (κ2) is 9.71. The van der Waals surface area contributed by atoms with Gasteiger partial charge in [0.05, 0.1) is 45.2 Å². The summed E-state index contributed by atoms with van der Waals surface area (Å²) in [5.74, 6) is 0.855. The van der Waals surface area contributed by atoms with Gasteiger partial charge in [-0.05, 0) is 48.9 Å². The molecule has 4 heterocycles. The van der Waals surface area contributed by atoms with E-state index >= 15 is 0 Å². The van der Waals surface area contributed by atoms with E-state index in [-0.39, 0.29) is 17.0 Å². The fourth-order valence-corrected chi connectivity index (χ4v) is 7.77. The minimum absolute atomic E-state index is 0.0747. The molecule has 1 spiro atoms. The van der Waals surface area contributed by atoms with E-state index in [1.807, 2.05) is 54.2 Å². The molecule has 0 saturated carbocycles. The highest BCUT2D eigenvalue weighted by Gasteiger charge is 2.47. The van der Waals surface area contributed by atoms with Crippen LogP contribution in [-0.4, -0.2) is 37.6 Å².